The summed E-state index contributed by atoms with van der Waals surface area (Å²) >= 11 is 1.34. The van der Waals surface area contributed by atoms with Crippen LogP contribution in [0.2, 0.25) is 0 Å². The number of carbonyl (C=O) groups excluding carboxylic acids is 2. The number of amides is 2. The number of hydrogen-bond donors (Lipinski definition) is 2. The molecule has 1 saturated heterocycles. The molecule has 1 aromatic heterocycles. The molecule has 1 aliphatic heterocycles. The highest BCUT2D eigenvalue weighted by Crippen LogP contribution is 2.28. The van der Waals surface area contributed by atoms with Crippen molar-refractivity contribution in [3.8, 4) is 5.69 Å². The van der Waals surface area contributed by atoms with Crippen molar-refractivity contribution in [2.75, 3.05) is 36.1 Å². The highest BCUT2D eigenvalue weighted by molar-refractivity contribution is 7.99. The van der Waals surface area contributed by atoms with Crippen LogP contribution in [-0.2, 0) is 4.79 Å². The summed E-state index contributed by atoms with van der Waals surface area (Å²) in [5.74, 6) is 0.623. The summed E-state index contributed by atoms with van der Waals surface area (Å²) in [5, 5.41) is 15.0. The quantitative estimate of drug-likeness (QED) is 0.519. The van der Waals surface area contributed by atoms with Gasteiger partial charge in [0.15, 0.2) is 5.16 Å². The Labute approximate surface area is 197 Å². The van der Waals surface area contributed by atoms with Crippen LogP contribution in [0.3, 0.4) is 0 Å². The third kappa shape index (κ3) is 5.54. The lowest BCUT2D eigenvalue weighted by atomic mass is 10.1. The maximum atomic E-state index is 12.6. The highest BCUT2D eigenvalue weighted by atomic mass is 32.2. The average Bonchev–Trinajstić information content (AvgIpc) is 3.27. The minimum atomic E-state index is -0.197. The maximum absolute atomic E-state index is 12.6. The minimum Gasteiger partial charge on any atom is -0.355 e. The Hall–Kier alpha value is -3.33. The van der Waals surface area contributed by atoms with Gasteiger partial charge >= 0.3 is 0 Å². The van der Waals surface area contributed by atoms with E-state index in [-0.39, 0.29) is 17.6 Å². The van der Waals surface area contributed by atoms with Crippen LogP contribution in [0.25, 0.3) is 5.69 Å². The molecule has 0 unspecified atom stereocenters. The van der Waals surface area contributed by atoms with Crippen LogP contribution in [0.4, 0.5) is 11.6 Å². The number of hydrogen-bond acceptors (Lipinski definition) is 6. The molecule has 1 fully saturated rings. The fraction of sp³-hybridized carbons (Fsp3) is 0.333. The van der Waals surface area contributed by atoms with E-state index in [2.05, 4.69) is 56.9 Å². The van der Waals surface area contributed by atoms with Crippen molar-refractivity contribution < 1.29 is 9.59 Å². The van der Waals surface area contributed by atoms with Gasteiger partial charge in [-0.3, -0.25) is 14.2 Å². The lowest BCUT2D eigenvalue weighted by Crippen LogP contribution is -2.31. The van der Waals surface area contributed by atoms with E-state index in [1.54, 1.807) is 31.3 Å². The van der Waals surface area contributed by atoms with Crippen LogP contribution < -0.4 is 15.5 Å². The number of thioether (sulfide) groups is 1. The molecule has 1 aliphatic rings. The van der Waals surface area contributed by atoms with E-state index >= 15 is 0 Å². The number of aryl methyl sites for hydroxylation is 1. The standard InChI is InChI=1S/C24H28N6O2S/c1-17-9-11-20(12-10-17)30-23(29-13-4-3-5-14-29)27-28-24(30)33-16-21(31)26-19-8-6-7-18(15-19)22(32)25-2/h6-12,15H,3-5,13-14,16H2,1-2H3,(H,25,32)(H,26,31). The van der Waals surface area contributed by atoms with Crippen LogP contribution >= 0.6 is 11.8 Å². The van der Waals surface area contributed by atoms with Gasteiger partial charge in [0.2, 0.25) is 11.9 Å². The van der Waals surface area contributed by atoms with E-state index in [0.29, 0.717) is 16.4 Å². The van der Waals surface area contributed by atoms with E-state index in [1.165, 1.54) is 23.7 Å². The van der Waals surface area contributed by atoms with Crippen molar-refractivity contribution in [2.45, 2.75) is 31.3 Å². The molecule has 4 rings (SSSR count). The molecule has 33 heavy (non-hydrogen) atoms. The number of piperidine rings is 1. The molecule has 0 atom stereocenters. The van der Waals surface area contributed by atoms with Gasteiger partial charge in [0.1, 0.15) is 0 Å². The zero-order valence-corrected chi connectivity index (χ0v) is 19.7. The Morgan fingerprint density at radius 3 is 2.52 bits per heavy atom. The van der Waals surface area contributed by atoms with E-state index in [0.717, 1.165) is 37.6 Å². The lowest BCUT2D eigenvalue weighted by molar-refractivity contribution is -0.113. The third-order valence-electron chi connectivity index (χ3n) is 5.52. The molecule has 8 nitrogen and oxygen atoms in total. The second-order valence-electron chi connectivity index (χ2n) is 8.00. The van der Waals surface area contributed by atoms with Gasteiger partial charge in [-0.2, -0.15) is 0 Å². The molecule has 2 aromatic carbocycles. The number of nitrogens with zero attached hydrogens (tertiary/aromatic N) is 4. The largest absolute Gasteiger partial charge is 0.355 e. The smallest absolute Gasteiger partial charge is 0.251 e. The van der Waals surface area contributed by atoms with Gasteiger partial charge in [0, 0.05) is 31.4 Å². The van der Waals surface area contributed by atoms with Crippen LogP contribution in [-0.4, -0.2) is 52.5 Å². The van der Waals surface area contributed by atoms with Crippen molar-refractivity contribution in [3.05, 3.63) is 59.7 Å². The molecular formula is C24H28N6O2S. The molecular weight excluding hydrogens is 436 g/mol. The molecule has 9 heteroatoms. The molecule has 0 spiro atoms. The van der Waals surface area contributed by atoms with Gasteiger partial charge in [-0.15, -0.1) is 10.2 Å². The van der Waals surface area contributed by atoms with Crippen molar-refractivity contribution in [3.63, 3.8) is 0 Å². The van der Waals surface area contributed by atoms with E-state index in [4.69, 9.17) is 0 Å². The van der Waals surface area contributed by atoms with Crippen molar-refractivity contribution in [1.29, 1.82) is 0 Å². The Kier molecular flexibility index (Phi) is 7.29. The predicted octanol–water partition coefficient (Wildman–Crippen LogP) is 3.66. The first-order valence-corrected chi connectivity index (χ1v) is 12.1. The number of rotatable bonds is 7. The second-order valence-corrected chi connectivity index (χ2v) is 8.94. The normalized spacial score (nSPS) is 13.6. The number of anilines is 2. The van der Waals surface area contributed by atoms with Crippen molar-refractivity contribution in [2.24, 2.45) is 0 Å². The van der Waals surface area contributed by atoms with E-state index in [9.17, 15) is 9.59 Å². The molecule has 172 valence electrons. The fourth-order valence-corrected chi connectivity index (χ4v) is 4.53. The summed E-state index contributed by atoms with van der Waals surface area (Å²) in [6.07, 6.45) is 3.51. The lowest BCUT2D eigenvalue weighted by Gasteiger charge is -2.27. The van der Waals surface area contributed by atoms with Gasteiger partial charge < -0.3 is 15.5 Å². The molecule has 2 heterocycles. The van der Waals surface area contributed by atoms with Gasteiger partial charge in [-0.25, -0.2) is 0 Å². The molecule has 0 aliphatic carbocycles. The summed E-state index contributed by atoms with van der Waals surface area (Å²) in [4.78, 5) is 26.7. The third-order valence-corrected chi connectivity index (χ3v) is 6.44. The number of nitrogens with one attached hydrogen (secondary N) is 2. The zero-order chi connectivity index (χ0) is 23.2. The fourth-order valence-electron chi connectivity index (χ4n) is 3.78. The van der Waals surface area contributed by atoms with E-state index in [1.807, 2.05) is 4.57 Å². The first-order chi connectivity index (χ1) is 16.0. The van der Waals surface area contributed by atoms with Gasteiger partial charge in [0.05, 0.1) is 11.4 Å². The SMILES string of the molecule is CNC(=O)c1cccc(NC(=O)CSc2nnc(N3CCCCC3)n2-c2ccc(C)cc2)c1. The molecule has 2 N–H and O–H groups in total. The number of aromatic nitrogens is 3. The first-order valence-electron chi connectivity index (χ1n) is 11.1. The summed E-state index contributed by atoms with van der Waals surface area (Å²) in [7, 11) is 1.58. The highest BCUT2D eigenvalue weighted by Gasteiger charge is 2.22. The van der Waals surface area contributed by atoms with Gasteiger partial charge in [-0.05, 0) is 56.5 Å². The molecule has 3 aromatic rings. The molecule has 2 amide bonds. The summed E-state index contributed by atoms with van der Waals surface area (Å²) in [5.41, 5.74) is 3.23. The number of benzene rings is 2. The van der Waals surface area contributed by atoms with Crippen LogP contribution in [0.1, 0.15) is 35.2 Å². The molecule has 0 bridgehead atoms. The monoisotopic (exact) mass is 464 g/mol. The van der Waals surface area contributed by atoms with Gasteiger partial charge in [-0.1, -0.05) is 35.5 Å². The Bertz CT molecular complexity index is 1120. The maximum Gasteiger partial charge on any atom is 0.251 e. The van der Waals surface area contributed by atoms with Crippen LogP contribution in [0, 0.1) is 6.92 Å². The van der Waals surface area contributed by atoms with Crippen molar-refractivity contribution in [1.82, 2.24) is 20.1 Å². The average molecular weight is 465 g/mol. The second kappa shape index (κ2) is 10.5. The Morgan fingerprint density at radius 2 is 1.79 bits per heavy atom. The minimum absolute atomic E-state index is 0.174. The van der Waals surface area contributed by atoms with Crippen molar-refractivity contribution >= 4 is 35.2 Å². The zero-order valence-electron chi connectivity index (χ0n) is 18.9. The number of carbonyl (C=O) groups is 2. The Balaban J connectivity index is 1.50. The summed E-state index contributed by atoms with van der Waals surface area (Å²) in [6.45, 7) is 3.97. The van der Waals surface area contributed by atoms with Crippen LogP contribution in [0.15, 0.2) is 53.7 Å². The predicted molar refractivity (Wildman–Crippen MR) is 131 cm³/mol. The van der Waals surface area contributed by atoms with Gasteiger partial charge in [0.25, 0.3) is 5.91 Å². The Morgan fingerprint density at radius 1 is 1.03 bits per heavy atom. The molecule has 0 radical (unpaired) electrons. The summed E-state index contributed by atoms with van der Waals surface area (Å²) in [6, 6.07) is 15.1. The topological polar surface area (TPSA) is 92.2 Å². The van der Waals surface area contributed by atoms with Crippen LogP contribution in [0.5, 0.6) is 0 Å². The van der Waals surface area contributed by atoms with E-state index < -0.39 is 0 Å². The molecule has 0 saturated carbocycles. The first kappa shape index (κ1) is 22.8. The summed E-state index contributed by atoms with van der Waals surface area (Å²) < 4.78 is 2.04.